The molecule has 0 amide bonds. The standard InChI is InChI=1S/C70H64Br2N4O2/c1-9-41-35(5)65-61-49-25-18-24-47-53-31-39(28-30-48(53)59(47)49)19-13-15-21-51-63(71)70(78)52(64(72)69(51)77)22-16-14-20-40-27-29-45-46-23-17-26-50(60(46)54(45)32-40)62(67-37(7)43(11-3)57(75-67)33-55(41)73-65)68-38(8)44(12-4)58(76-68)34-56-42(10-2)36(6)66(61)74-56/h17-18,23-34,73,76H,9-16,19-22H2,1-8H3. The molecule has 0 radical (unpaired) electrons. The number of benzene rings is 4. The third-order valence-corrected chi connectivity index (χ3v) is 19.9. The molecule has 11 aliphatic heterocycles. The van der Waals surface area contributed by atoms with Crippen molar-refractivity contribution in [2.45, 2.75) is 132 Å². The van der Waals surface area contributed by atoms with Crippen LogP contribution >= 0.6 is 31.9 Å². The Morgan fingerprint density at radius 1 is 0.449 bits per heavy atom. The number of nitrogens with one attached hydrogen (secondary N) is 2. The van der Waals surface area contributed by atoms with Crippen LogP contribution in [0.4, 0.5) is 0 Å². The van der Waals surface area contributed by atoms with Crippen LogP contribution < -0.4 is 0 Å². The lowest BCUT2D eigenvalue weighted by Gasteiger charge is -2.28. The predicted molar refractivity (Wildman–Crippen MR) is 332 cm³/mol. The van der Waals surface area contributed by atoms with Crippen LogP contribution in [0.1, 0.15) is 149 Å². The van der Waals surface area contributed by atoms with Gasteiger partial charge in [-0.05, 0) is 260 Å². The number of halogens is 2. The molecule has 0 spiro atoms. The van der Waals surface area contributed by atoms with Gasteiger partial charge in [-0.2, -0.15) is 0 Å². The molecule has 0 unspecified atom stereocenters. The van der Waals surface area contributed by atoms with Crippen LogP contribution in [0, 0.1) is 13.8 Å². The zero-order valence-electron chi connectivity index (χ0n) is 46.0. The van der Waals surface area contributed by atoms with E-state index in [1.807, 2.05) is 0 Å². The van der Waals surface area contributed by atoms with Gasteiger partial charge in [-0.3, -0.25) is 9.59 Å². The molecule has 3 aromatic heterocycles. The van der Waals surface area contributed by atoms with E-state index in [0.717, 1.165) is 120 Å². The molecule has 3 aliphatic carbocycles. The summed E-state index contributed by atoms with van der Waals surface area (Å²) in [6, 6.07) is 32.2. The first-order valence-corrected chi connectivity index (χ1v) is 30.0. The Bertz CT molecular complexity index is 4190. The van der Waals surface area contributed by atoms with Gasteiger partial charge in [0.25, 0.3) is 0 Å². The van der Waals surface area contributed by atoms with Gasteiger partial charge in [0.05, 0.1) is 42.8 Å². The number of carbonyl (C=O) groups is 2. The fraction of sp³-hybridized carbons (Fsp3) is 0.286. The lowest BCUT2D eigenvalue weighted by Crippen LogP contribution is -2.20. The maximum atomic E-state index is 13.9. The van der Waals surface area contributed by atoms with Crippen LogP contribution in [0.3, 0.4) is 0 Å². The molecular formula is C70H64Br2N4O2. The average Bonchev–Trinajstić information content (AvgIpc) is 4.27. The second kappa shape index (κ2) is 19.6. The maximum absolute atomic E-state index is 13.9. The number of aromatic amines is 2. The first-order chi connectivity index (χ1) is 37.8. The molecule has 21 rings (SSSR count). The molecule has 0 saturated carbocycles. The number of carbonyl (C=O) groups excluding carboxylic acids is 2. The minimum absolute atomic E-state index is 0.0701. The number of H-pyrrole nitrogens is 2. The lowest BCUT2D eigenvalue weighted by molar-refractivity contribution is -0.115. The highest BCUT2D eigenvalue weighted by Gasteiger charge is 2.35. The Kier molecular flexibility index (Phi) is 12.7. The van der Waals surface area contributed by atoms with Crippen LogP contribution in [-0.4, -0.2) is 31.5 Å². The van der Waals surface area contributed by atoms with Crippen molar-refractivity contribution in [3.8, 4) is 66.8 Å². The van der Waals surface area contributed by atoms with Crippen LogP contribution in [-0.2, 0) is 35.3 Å². The Labute approximate surface area is 474 Å². The van der Waals surface area contributed by atoms with E-state index in [1.54, 1.807) is 0 Å². The summed E-state index contributed by atoms with van der Waals surface area (Å²) in [5.74, 6) is -0.141. The number of hydrogen-bond donors (Lipinski definition) is 2. The van der Waals surface area contributed by atoms with E-state index in [9.17, 15) is 9.59 Å². The summed E-state index contributed by atoms with van der Waals surface area (Å²) in [6.07, 6.45) is 9.60. The summed E-state index contributed by atoms with van der Waals surface area (Å²) in [4.78, 5) is 47.7. The molecule has 0 fully saturated rings. The van der Waals surface area contributed by atoms with Crippen molar-refractivity contribution in [1.82, 2.24) is 19.9 Å². The van der Waals surface area contributed by atoms with Gasteiger partial charge in [-0.15, -0.1) is 0 Å². The van der Waals surface area contributed by atoms with Crippen LogP contribution in [0.25, 0.3) is 111 Å². The van der Waals surface area contributed by atoms with E-state index in [4.69, 9.17) is 9.97 Å². The largest absolute Gasteiger partial charge is 0.354 e. The van der Waals surface area contributed by atoms with Gasteiger partial charge in [0, 0.05) is 33.3 Å². The van der Waals surface area contributed by atoms with E-state index in [1.165, 1.54) is 111 Å². The summed E-state index contributed by atoms with van der Waals surface area (Å²) in [7, 11) is 0. The molecule has 2 N–H and O–H groups in total. The first-order valence-electron chi connectivity index (χ1n) is 28.5. The SMILES string of the molecule is CCC1=C(C)c2nc1cc1[nH]c(c(C)c1CC)c1c3nc(cc4[nH]c(c(C)c4CC)c2-c2cccc4c2-c2ccc(cc2-4)CCCCC2=C(Br)C(=O)C(=C(Br)C2=O)CCCCc2ccc4c(c2)-c2c-4cccc2-1)C(CC)=C3C. The predicted octanol–water partition coefficient (Wildman–Crippen LogP) is 19.3. The van der Waals surface area contributed by atoms with Gasteiger partial charge in [0.1, 0.15) is 0 Å². The Balaban J connectivity index is 1.10. The van der Waals surface area contributed by atoms with E-state index < -0.39 is 0 Å². The minimum atomic E-state index is -0.0706. The summed E-state index contributed by atoms with van der Waals surface area (Å²) >= 11 is 7.24. The van der Waals surface area contributed by atoms with Crippen molar-refractivity contribution in [3.63, 3.8) is 0 Å². The zero-order chi connectivity index (χ0) is 54.0. The fourth-order valence-electron chi connectivity index (χ4n) is 14.1. The number of fused-ring (bicyclic) bond motifs is 1. The molecule has 78 heavy (non-hydrogen) atoms. The van der Waals surface area contributed by atoms with Crippen LogP contribution in [0.2, 0.25) is 0 Å². The van der Waals surface area contributed by atoms with Gasteiger partial charge in [-0.25, -0.2) is 9.97 Å². The van der Waals surface area contributed by atoms with E-state index in [-0.39, 0.29) is 11.6 Å². The number of aryl methyl sites for hydroxylation is 6. The average molecular weight is 1150 g/mol. The molecule has 6 nitrogen and oxygen atoms in total. The number of rotatable bonds is 4. The molecule has 14 aliphatic rings. The van der Waals surface area contributed by atoms with Crippen molar-refractivity contribution in [3.05, 3.63) is 161 Å². The summed E-state index contributed by atoms with van der Waals surface area (Å²) in [5, 5.41) is 0. The van der Waals surface area contributed by atoms with Gasteiger partial charge >= 0.3 is 0 Å². The summed E-state index contributed by atoms with van der Waals surface area (Å²) in [5.41, 5.74) is 36.8. The van der Waals surface area contributed by atoms with Crippen LogP contribution in [0.15, 0.2) is 105 Å². The molecule has 7 aromatic rings. The van der Waals surface area contributed by atoms with Crippen molar-refractivity contribution >= 4 is 87.8 Å². The van der Waals surface area contributed by atoms with Gasteiger partial charge in [-0.1, -0.05) is 100 Å². The molecule has 20 bridgehead atoms. The summed E-state index contributed by atoms with van der Waals surface area (Å²) < 4.78 is 0.849. The fourth-order valence-corrected chi connectivity index (χ4v) is 15.3. The number of aromatic nitrogens is 4. The second-order valence-electron chi connectivity index (χ2n) is 22.3. The van der Waals surface area contributed by atoms with Crippen molar-refractivity contribution in [2.75, 3.05) is 0 Å². The zero-order valence-corrected chi connectivity index (χ0v) is 49.2. The number of nitrogens with zero attached hydrogens (tertiary/aromatic N) is 2. The molecule has 8 heteroatoms. The Hall–Kier alpha value is -6.74. The Morgan fingerprint density at radius 3 is 1.35 bits per heavy atom. The third-order valence-electron chi connectivity index (χ3n) is 18.2. The smallest absolute Gasteiger partial charge is 0.197 e. The molecule has 0 atom stereocenters. The molecular weight excluding hydrogens is 1090 g/mol. The number of allylic oxidation sites excluding steroid dienone is 8. The lowest BCUT2D eigenvalue weighted by atomic mass is 9.75. The normalized spacial score (nSPS) is 16.0. The highest BCUT2D eigenvalue weighted by Crippen LogP contribution is 2.56. The van der Waals surface area contributed by atoms with Gasteiger partial charge in [0.2, 0.25) is 0 Å². The summed E-state index contributed by atoms with van der Waals surface area (Å²) in [6.45, 7) is 18.2. The van der Waals surface area contributed by atoms with E-state index >= 15 is 0 Å². The number of ketones is 2. The van der Waals surface area contributed by atoms with Gasteiger partial charge < -0.3 is 9.97 Å². The number of Topliss-reactive ketones (excluding diaryl/α,β-unsaturated/α-hetero) is 2. The third kappa shape index (κ3) is 7.66. The first kappa shape index (κ1) is 50.7. The van der Waals surface area contributed by atoms with Crippen molar-refractivity contribution < 1.29 is 9.59 Å². The maximum Gasteiger partial charge on any atom is 0.197 e. The van der Waals surface area contributed by atoms with Gasteiger partial charge in [0.15, 0.2) is 11.6 Å². The molecule has 0 saturated heterocycles. The van der Waals surface area contributed by atoms with E-state index in [0.29, 0.717) is 33.0 Å². The van der Waals surface area contributed by atoms with Crippen molar-refractivity contribution in [2.24, 2.45) is 0 Å². The molecule has 14 heterocycles. The highest BCUT2D eigenvalue weighted by atomic mass is 79.9. The minimum Gasteiger partial charge on any atom is -0.354 e. The van der Waals surface area contributed by atoms with E-state index in [2.05, 4.69) is 182 Å². The molecule has 4 aromatic carbocycles. The second-order valence-corrected chi connectivity index (χ2v) is 23.8. The monoisotopic (exact) mass is 1150 g/mol. The van der Waals surface area contributed by atoms with Crippen molar-refractivity contribution in [1.29, 1.82) is 0 Å². The highest BCUT2D eigenvalue weighted by molar-refractivity contribution is 9.12. The Morgan fingerprint density at radius 2 is 0.872 bits per heavy atom. The van der Waals surface area contributed by atoms with Crippen LogP contribution in [0.5, 0.6) is 0 Å². The number of hydrogen-bond acceptors (Lipinski definition) is 4. The topological polar surface area (TPSA) is 91.5 Å². The quantitative estimate of drug-likeness (QED) is 0.172. The molecule has 390 valence electrons.